The fourth-order valence-corrected chi connectivity index (χ4v) is 5.16. The summed E-state index contributed by atoms with van der Waals surface area (Å²) >= 11 is 1.47. The predicted octanol–water partition coefficient (Wildman–Crippen LogP) is 4.44. The van der Waals surface area contributed by atoms with Crippen LogP contribution in [-0.4, -0.2) is 31.8 Å². The summed E-state index contributed by atoms with van der Waals surface area (Å²) in [5.74, 6) is -1.83. The van der Waals surface area contributed by atoms with Crippen LogP contribution in [0, 0.1) is 5.82 Å². The molecule has 0 aromatic heterocycles. The summed E-state index contributed by atoms with van der Waals surface area (Å²) in [5, 5.41) is 9.88. The molecule has 3 rings (SSSR count). The largest absolute Gasteiger partial charge is 0.480 e. The van der Waals surface area contributed by atoms with Crippen LogP contribution in [0.4, 0.5) is 10.1 Å². The van der Waals surface area contributed by atoms with Gasteiger partial charge in [-0.15, -0.1) is 0 Å². The Labute approximate surface area is 179 Å². The molecule has 0 saturated carbocycles. The third-order valence-corrected chi connectivity index (χ3v) is 6.67. The first-order valence-electron chi connectivity index (χ1n) is 9.04. The SMILES string of the molecule is CS(=O)(=O)N(c1ccc(F)cc1)[C@H](Cc1ccccc1Sc1ccccc1)C(=O)O. The summed E-state index contributed by atoms with van der Waals surface area (Å²) in [6.07, 6.45) is 0.896. The summed E-state index contributed by atoms with van der Waals surface area (Å²) in [6.45, 7) is 0. The maximum absolute atomic E-state index is 13.3. The molecule has 30 heavy (non-hydrogen) atoms. The number of aliphatic carboxylic acids is 1. The minimum Gasteiger partial charge on any atom is -0.480 e. The number of rotatable bonds is 8. The number of carbonyl (C=O) groups is 1. The standard InChI is InChI=1S/C22H20FNO4S2/c1-30(27,28)24(18-13-11-17(23)12-14-18)20(22(25)26)15-16-7-5-6-10-21(16)29-19-8-3-2-4-9-19/h2-14,20H,15H2,1H3,(H,25,26)/t20-/m1/s1. The second kappa shape index (κ2) is 9.32. The maximum Gasteiger partial charge on any atom is 0.327 e. The molecule has 156 valence electrons. The van der Waals surface area contributed by atoms with Crippen molar-refractivity contribution in [2.24, 2.45) is 0 Å². The lowest BCUT2D eigenvalue weighted by Crippen LogP contribution is -2.46. The molecule has 0 amide bonds. The average Bonchev–Trinajstić information content (AvgIpc) is 2.70. The first kappa shape index (κ1) is 21.9. The van der Waals surface area contributed by atoms with Gasteiger partial charge >= 0.3 is 5.97 Å². The second-order valence-electron chi connectivity index (χ2n) is 6.62. The molecule has 1 atom stereocenters. The van der Waals surface area contributed by atoms with Crippen LogP contribution in [0.3, 0.4) is 0 Å². The number of carboxylic acid groups (broad SMARTS) is 1. The summed E-state index contributed by atoms with van der Waals surface area (Å²) in [5.41, 5.74) is 0.800. The van der Waals surface area contributed by atoms with Gasteiger partial charge in [0, 0.05) is 16.2 Å². The van der Waals surface area contributed by atoms with Crippen LogP contribution in [0.1, 0.15) is 5.56 Å². The molecule has 8 heteroatoms. The van der Waals surface area contributed by atoms with E-state index >= 15 is 0 Å². The van der Waals surface area contributed by atoms with Crippen LogP contribution in [0.5, 0.6) is 0 Å². The Balaban J connectivity index is 1.99. The van der Waals surface area contributed by atoms with E-state index < -0.39 is 27.9 Å². The van der Waals surface area contributed by atoms with E-state index in [4.69, 9.17) is 0 Å². The van der Waals surface area contributed by atoms with Crippen molar-refractivity contribution in [3.05, 3.63) is 90.2 Å². The third kappa shape index (κ3) is 5.40. The zero-order valence-electron chi connectivity index (χ0n) is 16.1. The molecule has 0 aliphatic heterocycles. The second-order valence-corrected chi connectivity index (χ2v) is 9.59. The van der Waals surface area contributed by atoms with Gasteiger partial charge in [-0.25, -0.2) is 17.6 Å². The minimum atomic E-state index is -3.94. The van der Waals surface area contributed by atoms with Crippen LogP contribution in [0.25, 0.3) is 0 Å². The van der Waals surface area contributed by atoms with Crippen molar-refractivity contribution in [2.45, 2.75) is 22.3 Å². The zero-order valence-corrected chi connectivity index (χ0v) is 17.7. The van der Waals surface area contributed by atoms with Gasteiger partial charge < -0.3 is 5.11 Å². The van der Waals surface area contributed by atoms with Crippen molar-refractivity contribution in [3.8, 4) is 0 Å². The zero-order chi connectivity index (χ0) is 21.7. The van der Waals surface area contributed by atoms with Gasteiger partial charge in [0.2, 0.25) is 10.0 Å². The molecule has 0 aliphatic carbocycles. The molecule has 0 radical (unpaired) electrons. The van der Waals surface area contributed by atoms with E-state index in [1.54, 1.807) is 12.1 Å². The number of nitrogens with zero attached hydrogens (tertiary/aromatic N) is 1. The molecule has 0 spiro atoms. The lowest BCUT2D eigenvalue weighted by Gasteiger charge is -2.29. The third-order valence-electron chi connectivity index (χ3n) is 4.36. The quantitative estimate of drug-likeness (QED) is 0.555. The molecule has 3 aromatic carbocycles. The van der Waals surface area contributed by atoms with Crippen molar-refractivity contribution in [1.82, 2.24) is 0 Å². The Morgan fingerprint density at radius 3 is 2.20 bits per heavy atom. The van der Waals surface area contributed by atoms with Gasteiger partial charge in [-0.2, -0.15) is 0 Å². The number of hydrogen-bond acceptors (Lipinski definition) is 4. The van der Waals surface area contributed by atoms with Crippen molar-refractivity contribution in [3.63, 3.8) is 0 Å². The van der Waals surface area contributed by atoms with E-state index in [0.717, 1.165) is 32.5 Å². The number of hydrogen-bond donors (Lipinski definition) is 1. The molecule has 0 bridgehead atoms. The highest BCUT2D eigenvalue weighted by Crippen LogP contribution is 2.32. The van der Waals surface area contributed by atoms with Crippen LogP contribution in [0.15, 0.2) is 88.7 Å². The monoisotopic (exact) mass is 445 g/mol. The highest BCUT2D eigenvalue weighted by atomic mass is 32.2. The van der Waals surface area contributed by atoms with Crippen molar-refractivity contribution in [2.75, 3.05) is 10.6 Å². The smallest absolute Gasteiger partial charge is 0.327 e. The van der Waals surface area contributed by atoms with Gasteiger partial charge in [0.05, 0.1) is 11.9 Å². The lowest BCUT2D eigenvalue weighted by atomic mass is 10.1. The van der Waals surface area contributed by atoms with Crippen LogP contribution < -0.4 is 4.31 Å². The highest BCUT2D eigenvalue weighted by molar-refractivity contribution is 7.99. The Morgan fingerprint density at radius 1 is 1.00 bits per heavy atom. The molecule has 0 saturated heterocycles. The number of anilines is 1. The average molecular weight is 446 g/mol. The van der Waals surface area contributed by atoms with Gasteiger partial charge in [0.25, 0.3) is 0 Å². The lowest BCUT2D eigenvalue weighted by molar-refractivity contribution is -0.138. The maximum atomic E-state index is 13.3. The molecule has 0 unspecified atom stereocenters. The summed E-state index contributed by atoms with van der Waals surface area (Å²) in [4.78, 5) is 13.9. The van der Waals surface area contributed by atoms with Gasteiger partial charge in [0.15, 0.2) is 0 Å². The number of carboxylic acids is 1. The van der Waals surface area contributed by atoms with E-state index in [1.807, 2.05) is 42.5 Å². The Bertz CT molecular complexity index is 1120. The first-order valence-corrected chi connectivity index (χ1v) is 11.7. The van der Waals surface area contributed by atoms with E-state index in [9.17, 15) is 22.7 Å². The van der Waals surface area contributed by atoms with Gasteiger partial charge in [-0.1, -0.05) is 48.2 Å². The van der Waals surface area contributed by atoms with Crippen LogP contribution in [-0.2, 0) is 21.2 Å². The molecule has 1 N–H and O–H groups in total. The predicted molar refractivity (Wildman–Crippen MR) is 116 cm³/mol. The molecular weight excluding hydrogens is 425 g/mol. The molecule has 0 fully saturated rings. The van der Waals surface area contributed by atoms with Crippen molar-refractivity contribution < 1.29 is 22.7 Å². The number of halogens is 1. The summed E-state index contributed by atoms with van der Waals surface area (Å²) in [6, 6.07) is 20.2. The van der Waals surface area contributed by atoms with Crippen LogP contribution >= 0.6 is 11.8 Å². The first-order chi connectivity index (χ1) is 14.3. The Morgan fingerprint density at radius 2 is 1.60 bits per heavy atom. The number of benzene rings is 3. The van der Waals surface area contributed by atoms with Gasteiger partial charge in [0.1, 0.15) is 11.9 Å². The molecule has 3 aromatic rings. The van der Waals surface area contributed by atoms with E-state index in [1.165, 1.54) is 23.9 Å². The molecule has 0 heterocycles. The van der Waals surface area contributed by atoms with Crippen LogP contribution in [0.2, 0.25) is 0 Å². The summed E-state index contributed by atoms with van der Waals surface area (Å²) in [7, 11) is -3.94. The normalized spacial score (nSPS) is 12.3. The van der Waals surface area contributed by atoms with E-state index in [-0.39, 0.29) is 12.1 Å². The molecule has 0 aliphatic rings. The van der Waals surface area contributed by atoms with E-state index in [0.29, 0.717) is 5.56 Å². The fraction of sp³-hybridized carbons (Fsp3) is 0.136. The van der Waals surface area contributed by atoms with Gasteiger partial charge in [-0.3, -0.25) is 4.31 Å². The highest BCUT2D eigenvalue weighted by Gasteiger charge is 2.33. The Kier molecular flexibility index (Phi) is 6.79. The summed E-state index contributed by atoms with van der Waals surface area (Å²) < 4.78 is 39.1. The van der Waals surface area contributed by atoms with Crippen molar-refractivity contribution in [1.29, 1.82) is 0 Å². The fourth-order valence-electron chi connectivity index (χ4n) is 3.06. The topological polar surface area (TPSA) is 74.7 Å². The molecule has 5 nitrogen and oxygen atoms in total. The molecular formula is C22H20FNO4S2. The minimum absolute atomic E-state index is 0.0458. The Hall–Kier alpha value is -2.84. The number of sulfonamides is 1. The van der Waals surface area contributed by atoms with Crippen molar-refractivity contribution >= 4 is 33.4 Å². The van der Waals surface area contributed by atoms with E-state index in [2.05, 4.69) is 0 Å². The van der Waals surface area contributed by atoms with Gasteiger partial charge in [-0.05, 0) is 48.0 Å².